The van der Waals surface area contributed by atoms with E-state index in [0.717, 1.165) is 0 Å². The molecule has 0 saturated heterocycles. The Morgan fingerprint density at radius 2 is 2.22 bits per heavy atom. The quantitative estimate of drug-likeness (QED) is 0.805. The molecule has 0 radical (unpaired) electrons. The summed E-state index contributed by atoms with van der Waals surface area (Å²) < 4.78 is 10.9. The number of rotatable bonds is 6. The number of hydrogen-bond donors (Lipinski definition) is 1. The van der Waals surface area contributed by atoms with E-state index in [0.29, 0.717) is 34.6 Å². The SMILES string of the molecule is COc1cc(C(=O)CN)cc(Cl)c1OCC1CC1. The number of ketones is 1. The zero-order valence-electron chi connectivity index (χ0n) is 10.2. The van der Waals surface area contributed by atoms with Crippen molar-refractivity contribution >= 4 is 17.4 Å². The minimum absolute atomic E-state index is 0.0538. The highest BCUT2D eigenvalue weighted by atomic mass is 35.5. The molecule has 0 heterocycles. The number of benzene rings is 1. The van der Waals surface area contributed by atoms with E-state index in [1.807, 2.05) is 0 Å². The smallest absolute Gasteiger partial charge is 0.179 e. The molecular formula is C13H16ClNO3. The van der Waals surface area contributed by atoms with Gasteiger partial charge in [0.05, 0.1) is 25.3 Å². The number of halogens is 1. The van der Waals surface area contributed by atoms with Crippen molar-refractivity contribution in [1.29, 1.82) is 0 Å². The van der Waals surface area contributed by atoms with Crippen LogP contribution in [0.25, 0.3) is 0 Å². The fraction of sp³-hybridized carbons (Fsp3) is 0.462. The second-order valence-electron chi connectivity index (χ2n) is 4.37. The van der Waals surface area contributed by atoms with Crippen molar-refractivity contribution in [1.82, 2.24) is 0 Å². The molecule has 0 atom stereocenters. The van der Waals surface area contributed by atoms with Gasteiger partial charge in [0.15, 0.2) is 17.3 Å². The summed E-state index contributed by atoms with van der Waals surface area (Å²) in [6.07, 6.45) is 2.40. The van der Waals surface area contributed by atoms with Crippen LogP contribution in [0.3, 0.4) is 0 Å². The number of ether oxygens (including phenoxy) is 2. The van der Waals surface area contributed by atoms with E-state index in [9.17, 15) is 4.79 Å². The molecule has 98 valence electrons. The Kier molecular flexibility index (Phi) is 4.09. The number of carbonyl (C=O) groups excluding carboxylic acids is 1. The maximum atomic E-state index is 11.5. The minimum atomic E-state index is -0.177. The number of methoxy groups -OCH3 is 1. The zero-order valence-corrected chi connectivity index (χ0v) is 11.0. The Morgan fingerprint density at radius 1 is 1.50 bits per heavy atom. The highest BCUT2D eigenvalue weighted by Gasteiger charge is 2.23. The molecule has 1 aliphatic rings. The van der Waals surface area contributed by atoms with Crippen LogP contribution in [0.15, 0.2) is 12.1 Å². The molecule has 2 N–H and O–H groups in total. The predicted molar refractivity (Wildman–Crippen MR) is 69.6 cm³/mol. The number of Topliss-reactive ketones (excluding diaryl/α,β-unsaturated/α-hetero) is 1. The minimum Gasteiger partial charge on any atom is -0.493 e. The monoisotopic (exact) mass is 269 g/mol. The highest BCUT2D eigenvalue weighted by Crippen LogP contribution is 2.38. The van der Waals surface area contributed by atoms with Crippen LogP contribution in [-0.2, 0) is 0 Å². The van der Waals surface area contributed by atoms with Gasteiger partial charge in [0.2, 0.25) is 0 Å². The summed E-state index contributed by atoms with van der Waals surface area (Å²) in [5.74, 6) is 1.42. The summed E-state index contributed by atoms with van der Waals surface area (Å²) in [4.78, 5) is 11.5. The molecule has 5 heteroatoms. The number of nitrogens with two attached hydrogens (primary N) is 1. The second kappa shape index (κ2) is 5.59. The van der Waals surface area contributed by atoms with Crippen LogP contribution in [0.2, 0.25) is 5.02 Å². The largest absolute Gasteiger partial charge is 0.493 e. The van der Waals surface area contributed by atoms with E-state index in [2.05, 4.69) is 0 Å². The lowest BCUT2D eigenvalue weighted by molar-refractivity contribution is 0.100. The maximum Gasteiger partial charge on any atom is 0.179 e. The van der Waals surface area contributed by atoms with Gasteiger partial charge in [-0.1, -0.05) is 11.6 Å². The molecular weight excluding hydrogens is 254 g/mol. The topological polar surface area (TPSA) is 61.5 Å². The summed E-state index contributed by atoms with van der Waals surface area (Å²) in [7, 11) is 1.52. The van der Waals surface area contributed by atoms with Gasteiger partial charge in [-0.25, -0.2) is 0 Å². The van der Waals surface area contributed by atoms with Crippen LogP contribution >= 0.6 is 11.6 Å². The Hall–Kier alpha value is -1.26. The van der Waals surface area contributed by atoms with Gasteiger partial charge >= 0.3 is 0 Å². The molecule has 1 aromatic rings. The average Bonchev–Trinajstić information content (AvgIpc) is 3.19. The van der Waals surface area contributed by atoms with E-state index in [4.69, 9.17) is 26.8 Å². The van der Waals surface area contributed by atoms with Gasteiger partial charge in [0, 0.05) is 5.56 Å². The molecule has 2 rings (SSSR count). The molecule has 0 aromatic heterocycles. The summed E-state index contributed by atoms with van der Waals surface area (Å²) in [6, 6.07) is 3.19. The van der Waals surface area contributed by atoms with E-state index in [-0.39, 0.29) is 12.3 Å². The first-order valence-electron chi connectivity index (χ1n) is 5.89. The molecule has 0 spiro atoms. The van der Waals surface area contributed by atoms with Crippen molar-refractivity contribution in [3.8, 4) is 11.5 Å². The number of carbonyl (C=O) groups is 1. The Bertz CT molecular complexity index is 458. The third kappa shape index (κ3) is 2.94. The first-order chi connectivity index (χ1) is 8.65. The lowest BCUT2D eigenvalue weighted by atomic mass is 10.1. The molecule has 18 heavy (non-hydrogen) atoms. The van der Waals surface area contributed by atoms with E-state index in [1.165, 1.54) is 20.0 Å². The van der Waals surface area contributed by atoms with E-state index < -0.39 is 0 Å². The second-order valence-corrected chi connectivity index (χ2v) is 4.78. The van der Waals surface area contributed by atoms with Gasteiger partial charge in [-0.15, -0.1) is 0 Å². The molecule has 0 unspecified atom stereocenters. The van der Waals surface area contributed by atoms with Crippen LogP contribution in [0.5, 0.6) is 11.5 Å². The molecule has 0 bridgehead atoms. The van der Waals surface area contributed by atoms with Gasteiger partial charge < -0.3 is 15.2 Å². The van der Waals surface area contributed by atoms with Crippen LogP contribution in [0.1, 0.15) is 23.2 Å². The molecule has 0 amide bonds. The van der Waals surface area contributed by atoms with Crippen molar-refractivity contribution < 1.29 is 14.3 Å². The van der Waals surface area contributed by atoms with Gasteiger partial charge in [0.25, 0.3) is 0 Å². The molecule has 0 aliphatic heterocycles. The van der Waals surface area contributed by atoms with Crippen molar-refractivity contribution in [2.24, 2.45) is 11.7 Å². The molecule has 1 saturated carbocycles. The van der Waals surface area contributed by atoms with Gasteiger partial charge in [-0.3, -0.25) is 4.79 Å². The first-order valence-corrected chi connectivity index (χ1v) is 6.27. The van der Waals surface area contributed by atoms with Crippen molar-refractivity contribution in [2.75, 3.05) is 20.3 Å². The summed E-state index contributed by atoms with van der Waals surface area (Å²) in [5.41, 5.74) is 5.77. The van der Waals surface area contributed by atoms with Crippen LogP contribution < -0.4 is 15.2 Å². The van der Waals surface area contributed by atoms with Gasteiger partial charge in [0.1, 0.15) is 0 Å². The number of hydrogen-bond acceptors (Lipinski definition) is 4. The third-order valence-electron chi connectivity index (χ3n) is 2.90. The van der Waals surface area contributed by atoms with E-state index >= 15 is 0 Å². The Labute approximate surface area is 111 Å². The summed E-state index contributed by atoms with van der Waals surface area (Å²) >= 11 is 6.12. The molecule has 4 nitrogen and oxygen atoms in total. The standard InChI is InChI=1S/C13H16ClNO3/c1-17-12-5-9(11(16)6-15)4-10(14)13(12)18-7-8-2-3-8/h4-5,8H,2-3,6-7,15H2,1H3. The Morgan fingerprint density at radius 3 is 2.78 bits per heavy atom. The third-order valence-corrected chi connectivity index (χ3v) is 3.18. The first kappa shape index (κ1) is 13.2. The van der Waals surface area contributed by atoms with Crippen LogP contribution in [-0.4, -0.2) is 26.0 Å². The van der Waals surface area contributed by atoms with Gasteiger partial charge in [-0.2, -0.15) is 0 Å². The fourth-order valence-electron chi connectivity index (χ4n) is 1.62. The zero-order chi connectivity index (χ0) is 13.1. The molecule has 1 fully saturated rings. The maximum absolute atomic E-state index is 11.5. The fourth-order valence-corrected chi connectivity index (χ4v) is 1.89. The van der Waals surface area contributed by atoms with Crippen LogP contribution in [0, 0.1) is 5.92 Å². The van der Waals surface area contributed by atoms with Crippen LogP contribution in [0.4, 0.5) is 0 Å². The lowest BCUT2D eigenvalue weighted by Gasteiger charge is -2.13. The van der Waals surface area contributed by atoms with Crippen molar-refractivity contribution in [3.05, 3.63) is 22.7 Å². The molecule has 1 aromatic carbocycles. The van der Waals surface area contributed by atoms with Crippen molar-refractivity contribution in [3.63, 3.8) is 0 Å². The summed E-state index contributed by atoms with van der Waals surface area (Å²) in [6.45, 7) is 0.585. The highest BCUT2D eigenvalue weighted by molar-refractivity contribution is 6.32. The van der Waals surface area contributed by atoms with Crippen molar-refractivity contribution in [2.45, 2.75) is 12.8 Å². The normalized spacial score (nSPS) is 14.4. The Balaban J connectivity index is 2.24. The predicted octanol–water partition coefficient (Wildman–Crippen LogP) is 2.28. The van der Waals surface area contributed by atoms with Gasteiger partial charge in [-0.05, 0) is 30.9 Å². The molecule has 1 aliphatic carbocycles. The van der Waals surface area contributed by atoms with E-state index in [1.54, 1.807) is 12.1 Å². The summed E-state index contributed by atoms with van der Waals surface area (Å²) in [5, 5.41) is 0.381. The lowest BCUT2D eigenvalue weighted by Crippen LogP contribution is -2.14. The average molecular weight is 270 g/mol.